The van der Waals surface area contributed by atoms with Crippen LogP contribution in [0.5, 0.6) is 11.5 Å². The largest absolute Gasteiger partial charge is 0.454 e. The van der Waals surface area contributed by atoms with Crippen molar-refractivity contribution in [3.63, 3.8) is 0 Å². The van der Waals surface area contributed by atoms with Gasteiger partial charge in [0.2, 0.25) is 12.7 Å². The van der Waals surface area contributed by atoms with Gasteiger partial charge in [0.1, 0.15) is 0 Å². The molecule has 1 aliphatic heterocycles. The van der Waals surface area contributed by atoms with Crippen LogP contribution in [0.4, 0.5) is 0 Å². The number of rotatable bonds is 6. The molecule has 1 unspecified atom stereocenters. The Bertz CT molecular complexity index is 447. The van der Waals surface area contributed by atoms with E-state index >= 15 is 0 Å². The minimum atomic E-state index is -0.614. The number of nitrogens with one attached hydrogen (secondary N) is 1. The van der Waals surface area contributed by atoms with Crippen molar-refractivity contribution >= 4 is 5.91 Å². The predicted molar refractivity (Wildman–Crippen MR) is 70.1 cm³/mol. The van der Waals surface area contributed by atoms with Gasteiger partial charge in [-0.15, -0.1) is 0 Å². The van der Waals surface area contributed by atoms with Crippen LogP contribution in [0.3, 0.4) is 0 Å². The average molecular weight is 265 g/mol. The van der Waals surface area contributed by atoms with Crippen LogP contribution in [-0.2, 0) is 4.79 Å². The zero-order chi connectivity index (χ0) is 13.7. The van der Waals surface area contributed by atoms with Crippen LogP contribution in [0.15, 0.2) is 18.2 Å². The second-order valence-corrected chi connectivity index (χ2v) is 4.52. The second kappa shape index (κ2) is 6.43. The number of aliphatic hydroxyl groups excluding tert-OH is 1. The lowest BCUT2D eigenvalue weighted by Crippen LogP contribution is -2.25. The zero-order valence-electron chi connectivity index (χ0n) is 11.0. The van der Waals surface area contributed by atoms with E-state index in [0.717, 1.165) is 12.0 Å². The highest BCUT2D eigenvalue weighted by molar-refractivity contribution is 5.75. The topological polar surface area (TPSA) is 67.8 Å². The second-order valence-electron chi connectivity index (χ2n) is 4.52. The third-order valence-corrected chi connectivity index (χ3v) is 3.00. The Labute approximate surface area is 112 Å². The Morgan fingerprint density at radius 3 is 3.00 bits per heavy atom. The molecule has 5 heteroatoms. The first-order chi connectivity index (χ1) is 9.20. The van der Waals surface area contributed by atoms with Gasteiger partial charge in [-0.25, -0.2) is 0 Å². The fourth-order valence-corrected chi connectivity index (χ4v) is 1.95. The van der Waals surface area contributed by atoms with Gasteiger partial charge in [-0.05, 0) is 30.5 Å². The van der Waals surface area contributed by atoms with E-state index in [1.807, 2.05) is 13.0 Å². The summed E-state index contributed by atoms with van der Waals surface area (Å²) < 4.78 is 10.5. The van der Waals surface area contributed by atoms with Crippen molar-refractivity contribution < 1.29 is 19.4 Å². The molecule has 0 aliphatic carbocycles. The standard InChI is InChI=1S/C14H19NO4/c1-2-3-14(17)15-7-6-11(16)10-4-5-12-13(8-10)19-9-18-12/h4-5,8,11,16H,2-3,6-7,9H2,1H3,(H,15,17). The molecule has 1 aromatic rings. The fraction of sp³-hybridized carbons (Fsp3) is 0.500. The van der Waals surface area contributed by atoms with Crippen LogP contribution in [-0.4, -0.2) is 24.4 Å². The summed E-state index contributed by atoms with van der Waals surface area (Å²) in [4.78, 5) is 11.3. The molecule has 0 aromatic heterocycles. The Hall–Kier alpha value is -1.75. The maximum Gasteiger partial charge on any atom is 0.231 e. The number of ether oxygens (including phenoxy) is 2. The summed E-state index contributed by atoms with van der Waals surface area (Å²) in [7, 11) is 0. The molecule has 2 N–H and O–H groups in total. The molecule has 104 valence electrons. The lowest BCUT2D eigenvalue weighted by atomic mass is 10.1. The van der Waals surface area contributed by atoms with Crippen LogP contribution >= 0.6 is 0 Å². The summed E-state index contributed by atoms with van der Waals surface area (Å²) in [6, 6.07) is 5.38. The minimum absolute atomic E-state index is 0.0281. The van der Waals surface area contributed by atoms with Gasteiger partial charge in [0.15, 0.2) is 11.5 Å². The van der Waals surface area contributed by atoms with Gasteiger partial charge in [0, 0.05) is 13.0 Å². The highest BCUT2D eigenvalue weighted by atomic mass is 16.7. The van der Waals surface area contributed by atoms with Crippen molar-refractivity contribution in [2.75, 3.05) is 13.3 Å². The molecule has 2 rings (SSSR count). The van der Waals surface area contributed by atoms with Crippen molar-refractivity contribution in [1.29, 1.82) is 0 Å². The summed E-state index contributed by atoms with van der Waals surface area (Å²) in [5.41, 5.74) is 0.772. The van der Waals surface area contributed by atoms with Gasteiger partial charge < -0.3 is 19.9 Å². The molecule has 1 atom stereocenters. The lowest BCUT2D eigenvalue weighted by molar-refractivity contribution is -0.121. The van der Waals surface area contributed by atoms with Crippen molar-refractivity contribution in [2.24, 2.45) is 0 Å². The number of fused-ring (bicyclic) bond motifs is 1. The van der Waals surface area contributed by atoms with Gasteiger partial charge in [0.25, 0.3) is 0 Å². The molecule has 0 bridgehead atoms. The van der Waals surface area contributed by atoms with Gasteiger partial charge in [-0.2, -0.15) is 0 Å². The SMILES string of the molecule is CCCC(=O)NCCC(O)c1ccc2c(c1)OCO2. The molecular formula is C14H19NO4. The number of aliphatic hydroxyl groups is 1. The van der Waals surface area contributed by atoms with Crippen molar-refractivity contribution in [1.82, 2.24) is 5.32 Å². The summed E-state index contributed by atoms with van der Waals surface area (Å²) in [5.74, 6) is 1.39. The van der Waals surface area contributed by atoms with Crippen LogP contribution in [0.25, 0.3) is 0 Å². The molecule has 0 saturated heterocycles. The van der Waals surface area contributed by atoms with Gasteiger partial charge >= 0.3 is 0 Å². The summed E-state index contributed by atoms with van der Waals surface area (Å²) in [6.45, 7) is 2.65. The Kier molecular flexibility index (Phi) is 4.63. The van der Waals surface area contributed by atoms with E-state index in [0.29, 0.717) is 30.9 Å². The molecule has 1 heterocycles. The van der Waals surface area contributed by atoms with Gasteiger partial charge in [-0.3, -0.25) is 4.79 Å². The third-order valence-electron chi connectivity index (χ3n) is 3.00. The quantitative estimate of drug-likeness (QED) is 0.822. The van der Waals surface area contributed by atoms with E-state index < -0.39 is 6.10 Å². The number of hydrogen-bond acceptors (Lipinski definition) is 4. The number of carbonyl (C=O) groups is 1. The van der Waals surface area contributed by atoms with Gasteiger partial charge in [-0.1, -0.05) is 13.0 Å². The summed E-state index contributed by atoms with van der Waals surface area (Å²) in [5, 5.41) is 12.8. The van der Waals surface area contributed by atoms with Crippen LogP contribution in [0.1, 0.15) is 37.9 Å². The number of amides is 1. The lowest BCUT2D eigenvalue weighted by Gasteiger charge is -2.12. The van der Waals surface area contributed by atoms with Crippen molar-refractivity contribution in [3.05, 3.63) is 23.8 Å². The van der Waals surface area contributed by atoms with E-state index in [2.05, 4.69) is 5.32 Å². The molecule has 0 saturated carbocycles. The third kappa shape index (κ3) is 3.61. The average Bonchev–Trinajstić information content (AvgIpc) is 2.86. The highest BCUT2D eigenvalue weighted by Gasteiger charge is 2.16. The van der Waals surface area contributed by atoms with Gasteiger partial charge in [0.05, 0.1) is 6.10 Å². The molecular weight excluding hydrogens is 246 g/mol. The van der Waals surface area contributed by atoms with Crippen LogP contribution in [0, 0.1) is 0 Å². The molecule has 0 fully saturated rings. The van der Waals surface area contributed by atoms with E-state index in [1.54, 1.807) is 12.1 Å². The molecule has 1 amide bonds. The predicted octanol–water partition coefficient (Wildman–Crippen LogP) is 1.76. The van der Waals surface area contributed by atoms with Crippen LogP contribution in [0.2, 0.25) is 0 Å². The van der Waals surface area contributed by atoms with Crippen molar-refractivity contribution in [2.45, 2.75) is 32.3 Å². The normalized spacial score (nSPS) is 14.2. The van der Waals surface area contributed by atoms with Crippen molar-refractivity contribution in [3.8, 4) is 11.5 Å². The van der Waals surface area contributed by atoms with E-state index in [4.69, 9.17) is 9.47 Å². The van der Waals surface area contributed by atoms with E-state index in [1.165, 1.54) is 0 Å². The van der Waals surface area contributed by atoms with Crippen LogP contribution < -0.4 is 14.8 Å². The molecule has 0 radical (unpaired) electrons. The smallest absolute Gasteiger partial charge is 0.231 e. The maximum atomic E-state index is 11.3. The zero-order valence-corrected chi connectivity index (χ0v) is 11.0. The fourth-order valence-electron chi connectivity index (χ4n) is 1.95. The molecule has 1 aromatic carbocycles. The van der Waals surface area contributed by atoms with E-state index in [9.17, 15) is 9.90 Å². The summed E-state index contributed by atoms with van der Waals surface area (Å²) >= 11 is 0. The van der Waals surface area contributed by atoms with E-state index in [-0.39, 0.29) is 12.7 Å². The minimum Gasteiger partial charge on any atom is -0.454 e. The highest BCUT2D eigenvalue weighted by Crippen LogP contribution is 2.34. The maximum absolute atomic E-state index is 11.3. The molecule has 1 aliphatic rings. The molecule has 19 heavy (non-hydrogen) atoms. The first-order valence-corrected chi connectivity index (χ1v) is 6.55. The summed E-state index contributed by atoms with van der Waals surface area (Å²) in [6.07, 6.45) is 1.22. The first kappa shape index (κ1) is 13.7. The Morgan fingerprint density at radius 2 is 2.21 bits per heavy atom. The first-order valence-electron chi connectivity index (χ1n) is 6.55. The number of benzene rings is 1. The Morgan fingerprint density at radius 1 is 1.42 bits per heavy atom. The number of carbonyl (C=O) groups excluding carboxylic acids is 1. The molecule has 0 spiro atoms. The molecule has 5 nitrogen and oxygen atoms in total. The Balaban J connectivity index is 1.83. The monoisotopic (exact) mass is 265 g/mol. The number of hydrogen-bond donors (Lipinski definition) is 2.